The number of nitriles is 1. The standard InChI is InChI=1S/C18H16F3NO.C18H19F3O2/c2*1-11(2)12-4-7-17(23-3)16(9-12)15-6-5-14(18(19,20)21)8-13(15)10-22/h4-9,11H,1-3H3;4-9,11,22H,10H2,1-3H3. The van der Waals surface area contributed by atoms with Gasteiger partial charge in [0, 0.05) is 16.7 Å². The molecule has 0 atom stereocenters. The summed E-state index contributed by atoms with van der Waals surface area (Å²) in [5.74, 6) is 1.60. The van der Waals surface area contributed by atoms with Crippen molar-refractivity contribution in [2.75, 3.05) is 14.2 Å². The van der Waals surface area contributed by atoms with Gasteiger partial charge < -0.3 is 14.6 Å². The van der Waals surface area contributed by atoms with Crippen LogP contribution in [0.3, 0.4) is 0 Å². The van der Waals surface area contributed by atoms with E-state index in [1.807, 2.05) is 58.0 Å². The predicted molar refractivity (Wildman–Crippen MR) is 166 cm³/mol. The number of rotatable bonds is 7. The van der Waals surface area contributed by atoms with E-state index < -0.39 is 30.1 Å². The van der Waals surface area contributed by atoms with Crippen molar-refractivity contribution < 1.29 is 40.9 Å². The van der Waals surface area contributed by atoms with E-state index in [0.29, 0.717) is 33.8 Å². The zero-order chi connectivity index (χ0) is 34.4. The summed E-state index contributed by atoms with van der Waals surface area (Å²) in [7, 11) is 3.00. The lowest BCUT2D eigenvalue weighted by Crippen LogP contribution is -2.06. The molecule has 0 aliphatic heterocycles. The Morgan fingerprint density at radius 1 is 0.630 bits per heavy atom. The highest BCUT2D eigenvalue weighted by Crippen LogP contribution is 2.39. The maximum absolute atomic E-state index is 12.8. The third kappa shape index (κ3) is 8.40. The summed E-state index contributed by atoms with van der Waals surface area (Å²) in [5.41, 5.74) is 2.91. The first-order valence-corrected chi connectivity index (χ1v) is 14.3. The van der Waals surface area contributed by atoms with E-state index in [1.165, 1.54) is 26.4 Å². The molecule has 0 aromatic heterocycles. The molecule has 0 fully saturated rings. The fraction of sp³-hybridized carbons (Fsp3) is 0.306. The minimum Gasteiger partial charge on any atom is -0.496 e. The second kappa shape index (κ2) is 14.7. The van der Waals surface area contributed by atoms with Crippen LogP contribution in [0.1, 0.15) is 72.9 Å². The molecule has 4 rings (SSSR count). The lowest BCUT2D eigenvalue weighted by Gasteiger charge is -2.17. The van der Waals surface area contributed by atoms with Crippen LogP contribution in [0.4, 0.5) is 26.3 Å². The molecule has 4 aromatic carbocycles. The molecule has 244 valence electrons. The van der Waals surface area contributed by atoms with Crippen molar-refractivity contribution in [2.45, 2.75) is 58.5 Å². The highest BCUT2D eigenvalue weighted by molar-refractivity contribution is 5.77. The number of methoxy groups -OCH3 is 2. The molecule has 0 amide bonds. The van der Waals surface area contributed by atoms with Gasteiger partial charge in [0.25, 0.3) is 0 Å². The van der Waals surface area contributed by atoms with E-state index in [9.17, 15) is 36.7 Å². The van der Waals surface area contributed by atoms with Crippen LogP contribution in [-0.4, -0.2) is 19.3 Å². The number of benzene rings is 4. The van der Waals surface area contributed by atoms with Gasteiger partial charge in [-0.1, -0.05) is 52.0 Å². The van der Waals surface area contributed by atoms with E-state index in [4.69, 9.17) is 9.47 Å². The fourth-order valence-corrected chi connectivity index (χ4v) is 4.80. The number of halogens is 6. The second-order valence-electron chi connectivity index (χ2n) is 11.1. The van der Waals surface area contributed by atoms with Gasteiger partial charge in [0.05, 0.1) is 43.6 Å². The number of nitrogens with zero attached hydrogens (tertiary/aromatic N) is 1. The van der Waals surface area contributed by atoms with Crippen LogP contribution in [-0.2, 0) is 19.0 Å². The predicted octanol–water partition coefficient (Wildman–Crippen LogP) is 10.4. The van der Waals surface area contributed by atoms with Crippen molar-refractivity contribution in [3.63, 3.8) is 0 Å². The zero-order valence-electron chi connectivity index (χ0n) is 26.3. The Kier molecular flexibility index (Phi) is 11.5. The third-order valence-corrected chi connectivity index (χ3v) is 7.43. The number of alkyl halides is 6. The van der Waals surface area contributed by atoms with Crippen molar-refractivity contribution in [2.24, 2.45) is 0 Å². The molecule has 0 heterocycles. The van der Waals surface area contributed by atoms with Crippen LogP contribution in [0.5, 0.6) is 11.5 Å². The number of hydrogen-bond donors (Lipinski definition) is 1. The molecular weight excluding hydrogens is 608 g/mol. The first-order chi connectivity index (χ1) is 21.5. The Morgan fingerprint density at radius 2 is 1.07 bits per heavy atom. The molecule has 0 unspecified atom stereocenters. The molecule has 10 heteroatoms. The molecule has 0 bridgehead atoms. The minimum atomic E-state index is -4.48. The fourth-order valence-electron chi connectivity index (χ4n) is 4.80. The zero-order valence-corrected chi connectivity index (χ0v) is 26.3. The van der Waals surface area contributed by atoms with Gasteiger partial charge in [-0.3, -0.25) is 0 Å². The molecule has 4 nitrogen and oxygen atoms in total. The van der Waals surface area contributed by atoms with Gasteiger partial charge in [-0.25, -0.2) is 0 Å². The van der Waals surface area contributed by atoms with Crippen LogP contribution in [0.15, 0.2) is 72.8 Å². The molecule has 0 aliphatic rings. The quantitative estimate of drug-likeness (QED) is 0.204. The Balaban J connectivity index is 0.000000250. The SMILES string of the molecule is COc1ccc(C(C)C)cc1-c1ccc(C(F)(F)F)cc1C#N.COc1ccc(C(C)C)cc1-c1ccc(C(F)(F)F)cc1CO. The average Bonchev–Trinajstić information content (AvgIpc) is 3.02. The highest BCUT2D eigenvalue weighted by Gasteiger charge is 2.32. The maximum atomic E-state index is 12.8. The van der Waals surface area contributed by atoms with E-state index in [0.717, 1.165) is 35.4 Å². The molecule has 4 aromatic rings. The third-order valence-electron chi connectivity index (χ3n) is 7.43. The molecule has 0 radical (unpaired) electrons. The van der Waals surface area contributed by atoms with Gasteiger partial charge in [-0.05, 0) is 82.6 Å². The first kappa shape index (κ1) is 36.0. The first-order valence-electron chi connectivity index (χ1n) is 14.3. The molecular formula is C36H35F6NO3. The summed E-state index contributed by atoms with van der Waals surface area (Å²) in [4.78, 5) is 0. The van der Waals surface area contributed by atoms with Crippen LogP contribution >= 0.6 is 0 Å². The highest BCUT2D eigenvalue weighted by atomic mass is 19.4. The Morgan fingerprint density at radius 3 is 1.46 bits per heavy atom. The monoisotopic (exact) mass is 643 g/mol. The molecule has 0 spiro atoms. The summed E-state index contributed by atoms with van der Waals surface area (Å²) in [6.45, 7) is 7.62. The van der Waals surface area contributed by atoms with Crippen LogP contribution in [0.25, 0.3) is 22.3 Å². The molecule has 0 saturated heterocycles. The van der Waals surface area contributed by atoms with E-state index >= 15 is 0 Å². The van der Waals surface area contributed by atoms with Crippen LogP contribution in [0, 0.1) is 11.3 Å². The van der Waals surface area contributed by atoms with Crippen LogP contribution in [0.2, 0.25) is 0 Å². The number of ether oxygens (including phenoxy) is 2. The van der Waals surface area contributed by atoms with Crippen LogP contribution < -0.4 is 9.47 Å². The number of aliphatic hydroxyl groups is 1. The van der Waals surface area contributed by atoms with Gasteiger partial charge in [0.15, 0.2) is 0 Å². The molecule has 46 heavy (non-hydrogen) atoms. The van der Waals surface area contributed by atoms with Gasteiger partial charge in [0.1, 0.15) is 11.5 Å². The summed E-state index contributed by atoms with van der Waals surface area (Å²) in [5, 5.41) is 18.8. The lowest BCUT2D eigenvalue weighted by atomic mass is 9.93. The normalized spacial score (nSPS) is 11.6. The summed E-state index contributed by atoms with van der Waals surface area (Å²) in [6.07, 6.45) is -8.92. The van der Waals surface area contributed by atoms with Crippen molar-refractivity contribution >= 4 is 0 Å². The Hall–Kier alpha value is -4.49. The van der Waals surface area contributed by atoms with Gasteiger partial charge in [0.2, 0.25) is 0 Å². The van der Waals surface area contributed by atoms with Crippen molar-refractivity contribution in [1.82, 2.24) is 0 Å². The maximum Gasteiger partial charge on any atom is 0.416 e. The smallest absolute Gasteiger partial charge is 0.416 e. The van der Waals surface area contributed by atoms with Gasteiger partial charge >= 0.3 is 12.4 Å². The Labute approximate surface area is 264 Å². The summed E-state index contributed by atoms with van der Waals surface area (Å²) >= 11 is 0. The topological polar surface area (TPSA) is 62.5 Å². The average molecular weight is 644 g/mol. The van der Waals surface area contributed by atoms with Crippen molar-refractivity contribution in [3.8, 4) is 39.8 Å². The van der Waals surface area contributed by atoms with Crippen molar-refractivity contribution in [3.05, 3.63) is 106 Å². The van der Waals surface area contributed by atoms with Gasteiger partial charge in [-0.15, -0.1) is 0 Å². The van der Waals surface area contributed by atoms with Crippen molar-refractivity contribution in [1.29, 1.82) is 5.26 Å². The number of hydrogen-bond acceptors (Lipinski definition) is 4. The summed E-state index contributed by atoms with van der Waals surface area (Å²) < 4.78 is 87.6. The molecule has 1 N–H and O–H groups in total. The lowest BCUT2D eigenvalue weighted by molar-refractivity contribution is -0.138. The summed E-state index contributed by atoms with van der Waals surface area (Å²) in [6, 6.07) is 19.6. The van der Waals surface area contributed by atoms with E-state index in [-0.39, 0.29) is 23.0 Å². The molecule has 0 saturated carbocycles. The largest absolute Gasteiger partial charge is 0.496 e. The van der Waals surface area contributed by atoms with E-state index in [1.54, 1.807) is 12.1 Å². The number of aliphatic hydroxyl groups excluding tert-OH is 1. The second-order valence-corrected chi connectivity index (χ2v) is 11.1. The minimum absolute atomic E-state index is 0.0287. The Bertz CT molecular complexity index is 1700. The molecule has 0 aliphatic carbocycles. The van der Waals surface area contributed by atoms with Gasteiger partial charge in [-0.2, -0.15) is 31.6 Å². The van der Waals surface area contributed by atoms with E-state index in [2.05, 4.69) is 0 Å².